The molecule has 10 heteroatoms. The van der Waals surface area contributed by atoms with E-state index in [0.29, 0.717) is 25.4 Å². The molecule has 8 nitrogen and oxygen atoms in total. The first kappa shape index (κ1) is 24.8. The van der Waals surface area contributed by atoms with Gasteiger partial charge in [-0.15, -0.1) is 24.0 Å². The number of ether oxygens (including phenoxy) is 2. The minimum Gasteiger partial charge on any atom is -0.493 e. The lowest BCUT2D eigenvalue weighted by Crippen LogP contribution is -2.44. The van der Waals surface area contributed by atoms with Crippen molar-refractivity contribution in [2.45, 2.75) is 26.8 Å². The molecule has 1 aromatic rings. The first-order valence-electron chi connectivity index (χ1n) is 9.18. The first-order valence-corrected chi connectivity index (χ1v) is 10.8. The zero-order valence-electron chi connectivity index (χ0n) is 16.9. The zero-order chi connectivity index (χ0) is 19.9. The first-order chi connectivity index (χ1) is 12.9. The SMILES string of the molecule is CCNC(=NCCNS(=O)(=O)CC)N1CCc2cc(OC)c(OC)cc2C1.I. The molecule has 0 spiro atoms. The molecule has 1 heterocycles. The van der Waals surface area contributed by atoms with E-state index >= 15 is 0 Å². The molecule has 0 atom stereocenters. The van der Waals surface area contributed by atoms with E-state index in [4.69, 9.17) is 9.47 Å². The second-order valence-electron chi connectivity index (χ2n) is 6.18. The largest absolute Gasteiger partial charge is 0.493 e. The normalized spacial score (nSPS) is 14.1. The van der Waals surface area contributed by atoms with Gasteiger partial charge in [0.15, 0.2) is 17.5 Å². The molecule has 0 radical (unpaired) electrons. The van der Waals surface area contributed by atoms with E-state index in [9.17, 15) is 8.42 Å². The number of sulfonamides is 1. The van der Waals surface area contributed by atoms with E-state index in [1.165, 1.54) is 11.1 Å². The van der Waals surface area contributed by atoms with Crippen LogP contribution >= 0.6 is 24.0 Å². The molecule has 0 saturated heterocycles. The second kappa shape index (κ2) is 11.7. The number of hydrogen-bond donors (Lipinski definition) is 2. The van der Waals surface area contributed by atoms with Gasteiger partial charge in [-0.1, -0.05) is 0 Å². The number of aliphatic imine (C=N–C) groups is 1. The maximum atomic E-state index is 11.5. The number of nitrogens with one attached hydrogen (secondary N) is 2. The van der Waals surface area contributed by atoms with Crippen molar-refractivity contribution < 1.29 is 17.9 Å². The van der Waals surface area contributed by atoms with Crippen LogP contribution in [0.4, 0.5) is 0 Å². The van der Waals surface area contributed by atoms with Gasteiger partial charge >= 0.3 is 0 Å². The van der Waals surface area contributed by atoms with E-state index in [-0.39, 0.29) is 29.7 Å². The maximum Gasteiger partial charge on any atom is 0.211 e. The zero-order valence-corrected chi connectivity index (χ0v) is 20.1. The van der Waals surface area contributed by atoms with Crippen LogP contribution in [0.3, 0.4) is 0 Å². The molecule has 0 unspecified atom stereocenters. The Balaban J connectivity index is 0.00000392. The van der Waals surface area contributed by atoms with Crippen LogP contribution in [0.15, 0.2) is 17.1 Å². The smallest absolute Gasteiger partial charge is 0.211 e. The van der Waals surface area contributed by atoms with Crippen LogP contribution in [0.5, 0.6) is 11.5 Å². The van der Waals surface area contributed by atoms with Gasteiger partial charge in [-0.25, -0.2) is 13.1 Å². The fourth-order valence-electron chi connectivity index (χ4n) is 2.95. The van der Waals surface area contributed by atoms with Gasteiger partial charge in [0, 0.05) is 26.2 Å². The quantitative estimate of drug-likeness (QED) is 0.232. The standard InChI is InChI=1S/C18H30N4O4S.HI/c1-5-19-18(20-8-9-21-27(23,24)6-2)22-10-7-14-11-16(25-3)17(26-4)12-15(14)13-22;/h11-12,21H,5-10,13H2,1-4H3,(H,19,20);1H. The van der Waals surface area contributed by atoms with Gasteiger partial charge in [-0.3, -0.25) is 4.99 Å². The summed E-state index contributed by atoms with van der Waals surface area (Å²) in [6.45, 7) is 6.59. The summed E-state index contributed by atoms with van der Waals surface area (Å²) in [5, 5.41) is 3.29. The second-order valence-corrected chi connectivity index (χ2v) is 8.28. The molecule has 1 aromatic carbocycles. The Labute approximate surface area is 185 Å². The van der Waals surface area contributed by atoms with Gasteiger partial charge in [0.05, 0.1) is 26.5 Å². The Morgan fingerprint density at radius 1 is 1.18 bits per heavy atom. The summed E-state index contributed by atoms with van der Waals surface area (Å²) in [4.78, 5) is 6.75. The Morgan fingerprint density at radius 3 is 2.39 bits per heavy atom. The van der Waals surface area contributed by atoms with Crippen molar-refractivity contribution in [3.05, 3.63) is 23.3 Å². The Hall–Kier alpha value is -1.27. The number of hydrogen-bond acceptors (Lipinski definition) is 5. The van der Waals surface area contributed by atoms with Gasteiger partial charge in [0.2, 0.25) is 10.0 Å². The molecule has 0 saturated carbocycles. The molecular weight excluding hydrogens is 495 g/mol. The number of methoxy groups -OCH3 is 2. The highest BCUT2D eigenvalue weighted by Crippen LogP contribution is 2.33. The third-order valence-corrected chi connectivity index (χ3v) is 5.83. The summed E-state index contributed by atoms with van der Waals surface area (Å²) in [5.74, 6) is 2.32. The summed E-state index contributed by atoms with van der Waals surface area (Å²) in [7, 11) is 0.0857. The van der Waals surface area contributed by atoms with Crippen molar-refractivity contribution >= 4 is 40.0 Å². The molecule has 1 aliphatic rings. The molecule has 2 N–H and O–H groups in total. The summed E-state index contributed by atoms with van der Waals surface area (Å²) in [6, 6.07) is 4.05. The topological polar surface area (TPSA) is 92.3 Å². The molecule has 28 heavy (non-hydrogen) atoms. The molecule has 0 aromatic heterocycles. The van der Waals surface area contributed by atoms with Gasteiger partial charge in [0.1, 0.15) is 0 Å². The lowest BCUT2D eigenvalue weighted by Gasteiger charge is -2.32. The highest BCUT2D eigenvalue weighted by Gasteiger charge is 2.21. The summed E-state index contributed by atoms with van der Waals surface area (Å²) in [6.07, 6.45) is 0.878. The minimum atomic E-state index is -3.19. The van der Waals surface area contributed by atoms with E-state index in [1.807, 2.05) is 19.1 Å². The molecule has 0 bridgehead atoms. The van der Waals surface area contributed by atoms with Crippen LogP contribution in [-0.2, 0) is 23.0 Å². The molecule has 2 rings (SSSR count). The van der Waals surface area contributed by atoms with Gasteiger partial charge in [-0.2, -0.15) is 0 Å². The lowest BCUT2D eigenvalue weighted by atomic mass is 9.99. The summed E-state index contributed by atoms with van der Waals surface area (Å²) >= 11 is 0. The summed E-state index contributed by atoms with van der Waals surface area (Å²) in [5.41, 5.74) is 2.42. The van der Waals surface area contributed by atoms with Crippen LogP contribution in [0, 0.1) is 0 Å². The van der Waals surface area contributed by atoms with Crippen molar-refractivity contribution in [2.24, 2.45) is 4.99 Å². The van der Waals surface area contributed by atoms with Crippen molar-refractivity contribution in [1.29, 1.82) is 0 Å². The van der Waals surface area contributed by atoms with Crippen LogP contribution in [0.25, 0.3) is 0 Å². The summed E-state index contributed by atoms with van der Waals surface area (Å²) < 4.78 is 36.4. The number of guanidine groups is 1. The molecule has 0 aliphatic carbocycles. The Bertz CT molecular complexity index is 771. The third kappa shape index (κ3) is 6.66. The van der Waals surface area contributed by atoms with E-state index in [2.05, 4.69) is 19.9 Å². The van der Waals surface area contributed by atoms with Crippen LogP contribution < -0.4 is 19.5 Å². The molecule has 160 valence electrons. The maximum absolute atomic E-state index is 11.5. The Morgan fingerprint density at radius 2 is 1.82 bits per heavy atom. The number of rotatable bonds is 8. The Kier molecular flexibility index (Phi) is 10.3. The fraction of sp³-hybridized carbons (Fsp3) is 0.611. The average molecular weight is 526 g/mol. The molecule has 0 amide bonds. The predicted octanol–water partition coefficient (Wildman–Crippen LogP) is 1.58. The van der Waals surface area contributed by atoms with E-state index < -0.39 is 10.0 Å². The van der Waals surface area contributed by atoms with Crippen LogP contribution in [-0.4, -0.2) is 65.4 Å². The van der Waals surface area contributed by atoms with Crippen LogP contribution in [0.2, 0.25) is 0 Å². The van der Waals surface area contributed by atoms with Gasteiger partial charge in [0.25, 0.3) is 0 Å². The highest BCUT2D eigenvalue weighted by atomic mass is 127. The van der Waals surface area contributed by atoms with Gasteiger partial charge < -0.3 is 19.7 Å². The molecule has 1 aliphatic heterocycles. The number of nitrogens with zero attached hydrogens (tertiary/aromatic N) is 2. The van der Waals surface area contributed by atoms with Crippen molar-refractivity contribution in [1.82, 2.24) is 14.9 Å². The van der Waals surface area contributed by atoms with Crippen molar-refractivity contribution in [3.8, 4) is 11.5 Å². The van der Waals surface area contributed by atoms with Crippen molar-refractivity contribution in [3.63, 3.8) is 0 Å². The number of halogens is 1. The predicted molar refractivity (Wildman–Crippen MR) is 123 cm³/mol. The van der Waals surface area contributed by atoms with Gasteiger partial charge in [-0.05, 0) is 43.5 Å². The average Bonchev–Trinajstić information content (AvgIpc) is 2.68. The van der Waals surface area contributed by atoms with E-state index in [0.717, 1.165) is 31.2 Å². The number of benzene rings is 1. The van der Waals surface area contributed by atoms with Crippen LogP contribution in [0.1, 0.15) is 25.0 Å². The molecule has 0 fully saturated rings. The lowest BCUT2D eigenvalue weighted by molar-refractivity contribution is 0.346. The fourth-order valence-corrected chi connectivity index (χ4v) is 3.56. The van der Waals surface area contributed by atoms with Crippen molar-refractivity contribution in [2.75, 3.05) is 46.2 Å². The molecular formula is C18H31IN4O4S. The minimum absolute atomic E-state index is 0. The van der Waals surface area contributed by atoms with E-state index in [1.54, 1.807) is 21.1 Å². The highest BCUT2D eigenvalue weighted by molar-refractivity contribution is 14.0. The monoisotopic (exact) mass is 526 g/mol. The number of fused-ring (bicyclic) bond motifs is 1. The third-order valence-electron chi connectivity index (χ3n) is 4.43.